The monoisotopic (exact) mass is 267 g/mol. The van der Waals surface area contributed by atoms with Gasteiger partial charge in [0.2, 0.25) is 0 Å². The third-order valence-corrected chi connectivity index (χ3v) is 4.78. The molecule has 1 aliphatic rings. The molecule has 16 heavy (non-hydrogen) atoms. The van der Waals surface area contributed by atoms with Crippen LogP contribution in [0.4, 0.5) is 0 Å². The van der Waals surface area contributed by atoms with E-state index in [-0.39, 0.29) is 5.75 Å². The van der Waals surface area contributed by atoms with Gasteiger partial charge in [-0.1, -0.05) is 0 Å². The van der Waals surface area contributed by atoms with E-state index in [1.165, 1.54) is 6.26 Å². The van der Waals surface area contributed by atoms with E-state index in [1.807, 2.05) is 11.8 Å². The van der Waals surface area contributed by atoms with Gasteiger partial charge in [-0.3, -0.25) is 0 Å². The largest absolute Gasteiger partial charge is 0.381 e. The van der Waals surface area contributed by atoms with Gasteiger partial charge in [-0.15, -0.1) is 0 Å². The lowest BCUT2D eigenvalue weighted by Crippen LogP contribution is -2.25. The molecule has 4 nitrogen and oxygen atoms in total. The fraction of sp³-hybridized carbons (Fsp3) is 1.00. The maximum Gasteiger partial charge on any atom is 0.148 e. The average Bonchev–Trinajstić information content (AvgIpc) is 2.23. The van der Waals surface area contributed by atoms with Crippen molar-refractivity contribution in [3.63, 3.8) is 0 Å². The van der Waals surface area contributed by atoms with Gasteiger partial charge in [0, 0.05) is 43.6 Å². The van der Waals surface area contributed by atoms with E-state index in [4.69, 9.17) is 4.74 Å². The summed E-state index contributed by atoms with van der Waals surface area (Å²) in [6, 6.07) is 0. The molecule has 1 saturated heterocycles. The maximum atomic E-state index is 10.9. The normalized spacial score (nSPS) is 18.8. The zero-order valence-corrected chi connectivity index (χ0v) is 11.4. The molecule has 0 atom stereocenters. The molecule has 96 valence electrons. The molecule has 1 heterocycles. The molecule has 6 heteroatoms. The first-order chi connectivity index (χ1) is 7.58. The Labute approximate surface area is 102 Å². The minimum absolute atomic E-state index is 0.231. The molecule has 0 aromatic heterocycles. The Balaban J connectivity index is 1.91. The molecular formula is C10H21NO3S2. The summed E-state index contributed by atoms with van der Waals surface area (Å²) in [5.74, 6) is 1.28. The van der Waals surface area contributed by atoms with Crippen molar-refractivity contribution in [1.82, 2.24) is 5.32 Å². The van der Waals surface area contributed by atoms with Gasteiger partial charge in [0.15, 0.2) is 0 Å². The Morgan fingerprint density at radius 3 is 2.62 bits per heavy atom. The van der Waals surface area contributed by atoms with Gasteiger partial charge >= 0.3 is 0 Å². The molecule has 1 fully saturated rings. The second kappa shape index (κ2) is 7.53. The summed E-state index contributed by atoms with van der Waals surface area (Å²) in [6.45, 7) is 3.23. The molecule has 0 radical (unpaired) electrons. The molecule has 0 aliphatic carbocycles. The first-order valence-corrected chi connectivity index (χ1v) is 8.76. The Morgan fingerprint density at radius 2 is 2.00 bits per heavy atom. The molecule has 0 unspecified atom stereocenters. The minimum Gasteiger partial charge on any atom is -0.381 e. The maximum absolute atomic E-state index is 10.9. The van der Waals surface area contributed by atoms with Gasteiger partial charge < -0.3 is 10.1 Å². The van der Waals surface area contributed by atoms with Crippen LogP contribution in [0.2, 0.25) is 0 Å². The number of hydrogen-bond donors (Lipinski definition) is 1. The van der Waals surface area contributed by atoms with Crippen LogP contribution in [0.15, 0.2) is 0 Å². The lowest BCUT2D eigenvalue weighted by Gasteiger charge is -2.21. The van der Waals surface area contributed by atoms with Crippen molar-refractivity contribution >= 4 is 21.6 Å². The van der Waals surface area contributed by atoms with Crippen molar-refractivity contribution in [3.8, 4) is 0 Å². The van der Waals surface area contributed by atoms with Crippen LogP contribution < -0.4 is 5.32 Å². The number of hydrogen-bond acceptors (Lipinski definition) is 5. The van der Waals surface area contributed by atoms with E-state index in [0.717, 1.165) is 43.6 Å². The fourth-order valence-corrected chi connectivity index (χ4v) is 3.16. The molecule has 1 rings (SSSR count). The van der Waals surface area contributed by atoms with Crippen molar-refractivity contribution in [2.45, 2.75) is 18.1 Å². The van der Waals surface area contributed by atoms with Gasteiger partial charge in [0.25, 0.3) is 0 Å². The molecule has 0 saturated carbocycles. The van der Waals surface area contributed by atoms with E-state index < -0.39 is 9.84 Å². The average molecular weight is 267 g/mol. The van der Waals surface area contributed by atoms with Crippen LogP contribution >= 0.6 is 11.8 Å². The molecule has 0 amide bonds. The predicted octanol–water partition coefficient (Wildman–Crippen LogP) is 0.533. The lowest BCUT2D eigenvalue weighted by molar-refractivity contribution is 0.100. The van der Waals surface area contributed by atoms with E-state index in [1.54, 1.807) is 0 Å². The van der Waals surface area contributed by atoms with E-state index in [9.17, 15) is 8.42 Å². The topological polar surface area (TPSA) is 55.4 Å². The zero-order valence-electron chi connectivity index (χ0n) is 9.78. The first-order valence-electron chi connectivity index (χ1n) is 5.66. The Morgan fingerprint density at radius 1 is 1.31 bits per heavy atom. The quantitative estimate of drug-likeness (QED) is 0.682. The number of thioether (sulfide) groups is 1. The van der Waals surface area contributed by atoms with Gasteiger partial charge in [-0.2, -0.15) is 11.8 Å². The van der Waals surface area contributed by atoms with E-state index >= 15 is 0 Å². The smallest absolute Gasteiger partial charge is 0.148 e. The highest BCUT2D eigenvalue weighted by Gasteiger charge is 2.13. The standard InChI is InChI=1S/C10H21NO3S2/c1-16(12,13)9-5-11-4-8-15-10-2-6-14-7-3-10/h10-11H,2-9H2,1H3. The second-order valence-corrected chi connectivity index (χ2v) is 7.73. The number of rotatable bonds is 7. The summed E-state index contributed by atoms with van der Waals surface area (Å²) in [5, 5.41) is 3.88. The van der Waals surface area contributed by atoms with E-state index in [0.29, 0.717) is 6.54 Å². The molecule has 0 aromatic rings. The molecule has 0 bridgehead atoms. The van der Waals surface area contributed by atoms with E-state index in [2.05, 4.69) is 5.32 Å². The second-order valence-electron chi connectivity index (χ2n) is 4.06. The molecular weight excluding hydrogens is 246 g/mol. The van der Waals surface area contributed by atoms with Crippen molar-refractivity contribution in [2.24, 2.45) is 0 Å². The van der Waals surface area contributed by atoms with Crippen LogP contribution in [-0.4, -0.2) is 57.7 Å². The van der Waals surface area contributed by atoms with Crippen LogP contribution in [0, 0.1) is 0 Å². The molecule has 1 N–H and O–H groups in total. The van der Waals surface area contributed by atoms with Crippen molar-refractivity contribution in [2.75, 3.05) is 44.1 Å². The fourth-order valence-electron chi connectivity index (χ4n) is 1.52. The van der Waals surface area contributed by atoms with Crippen LogP contribution in [-0.2, 0) is 14.6 Å². The van der Waals surface area contributed by atoms with Crippen molar-refractivity contribution in [3.05, 3.63) is 0 Å². The van der Waals surface area contributed by atoms with Gasteiger partial charge in [-0.05, 0) is 12.8 Å². The summed E-state index contributed by atoms with van der Waals surface area (Å²) in [5.41, 5.74) is 0. The number of sulfone groups is 1. The summed E-state index contributed by atoms with van der Waals surface area (Å²) in [6.07, 6.45) is 3.56. The molecule has 1 aliphatic heterocycles. The third kappa shape index (κ3) is 7.49. The summed E-state index contributed by atoms with van der Waals surface area (Å²) in [7, 11) is -2.82. The Bertz CT molecular complexity index is 274. The minimum atomic E-state index is -2.82. The summed E-state index contributed by atoms with van der Waals surface area (Å²) in [4.78, 5) is 0. The predicted molar refractivity (Wildman–Crippen MR) is 68.9 cm³/mol. The van der Waals surface area contributed by atoms with Crippen LogP contribution in [0.5, 0.6) is 0 Å². The zero-order chi connectivity index (χ0) is 11.9. The SMILES string of the molecule is CS(=O)(=O)CCNCCSC1CCOCC1. The molecule has 0 spiro atoms. The van der Waals surface area contributed by atoms with Crippen LogP contribution in [0.3, 0.4) is 0 Å². The van der Waals surface area contributed by atoms with Gasteiger partial charge in [0.05, 0.1) is 5.75 Å². The number of ether oxygens (including phenoxy) is 1. The Hall–Kier alpha value is 0.220. The third-order valence-electron chi connectivity index (χ3n) is 2.45. The first kappa shape index (κ1) is 14.3. The van der Waals surface area contributed by atoms with Crippen molar-refractivity contribution < 1.29 is 13.2 Å². The number of nitrogens with one attached hydrogen (secondary N) is 1. The van der Waals surface area contributed by atoms with Crippen LogP contribution in [0.25, 0.3) is 0 Å². The highest BCUT2D eigenvalue weighted by Crippen LogP contribution is 2.21. The van der Waals surface area contributed by atoms with Gasteiger partial charge in [-0.25, -0.2) is 8.42 Å². The molecule has 0 aromatic carbocycles. The Kier molecular flexibility index (Phi) is 6.72. The lowest BCUT2D eigenvalue weighted by atomic mass is 10.2. The summed E-state index contributed by atoms with van der Waals surface area (Å²) >= 11 is 1.96. The highest BCUT2D eigenvalue weighted by molar-refractivity contribution is 7.99. The highest BCUT2D eigenvalue weighted by atomic mass is 32.2. The van der Waals surface area contributed by atoms with Crippen LogP contribution in [0.1, 0.15) is 12.8 Å². The summed E-state index contributed by atoms with van der Waals surface area (Å²) < 4.78 is 27.0. The van der Waals surface area contributed by atoms with Crippen molar-refractivity contribution in [1.29, 1.82) is 0 Å². The van der Waals surface area contributed by atoms with Gasteiger partial charge in [0.1, 0.15) is 9.84 Å².